The van der Waals surface area contributed by atoms with Crippen molar-refractivity contribution in [3.63, 3.8) is 0 Å². The fourth-order valence-electron chi connectivity index (χ4n) is 3.18. The lowest BCUT2D eigenvalue weighted by Crippen LogP contribution is -2.33. The summed E-state index contributed by atoms with van der Waals surface area (Å²) in [6, 6.07) is 0. The number of hydrogen-bond donors (Lipinski definition) is 1. The van der Waals surface area contributed by atoms with Gasteiger partial charge in [-0.05, 0) is 62.9 Å². The summed E-state index contributed by atoms with van der Waals surface area (Å²) in [5.74, 6) is 2.54. The monoisotopic (exact) mass is 297 g/mol. The van der Waals surface area contributed by atoms with Gasteiger partial charge in [0.15, 0.2) is 0 Å². The van der Waals surface area contributed by atoms with Crippen LogP contribution in [0.3, 0.4) is 0 Å². The molecule has 1 saturated carbocycles. The van der Waals surface area contributed by atoms with Gasteiger partial charge < -0.3 is 5.32 Å². The second-order valence-electron chi connectivity index (χ2n) is 5.98. The molecule has 0 aromatic heterocycles. The minimum absolute atomic E-state index is 0.137. The number of halogens is 3. The van der Waals surface area contributed by atoms with Crippen LogP contribution in [0.15, 0.2) is 0 Å². The molecule has 0 aromatic rings. The SMILES string of the molecule is CNCC1CCC(C(C)C)CC1CCSC(F)(F)F. The Morgan fingerprint density at radius 3 is 2.42 bits per heavy atom. The van der Waals surface area contributed by atoms with E-state index in [4.69, 9.17) is 0 Å². The number of thioether (sulfide) groups is 1. The molecule has 3 atom stereocenters. The van der Waals surface area contributed by atoms with Crippen LogP contribution in [0, 0.1) is 23.7 Å². The van der Waals surface area contributed by atoms with Crippen molar-refractivity contribution in [3.8, 4) is 0 Å². The molecule has 114 valence electrons. The Balaban J connectivity index is 2.47. The van der Waals surface area contributed by atoms with E-state index in [9.17, 15) is 13.2 Å². The van der Waals surface area contributed by atoms with E-state index in [1.807, 2.05) is 7.05 Å². The molecule has 1 nitrogen and oxygen atoms in total. The second-order valence-corrected chi connectivity index (χ2v) is 7.14. The van der Waals surface area contributed by atoms with E-state index in [1.54, 1.807) is 0 Å². The largest absolute Gasteiger partial charge is 0.441 e. The molecule has 3 unspecified atom stereocenters. The Morgan fingerprint density at radius 1 is 1.21 bits per heavy atom. The van der Waals surface area contributed by atoms with Crippen molar-refractivity contribution >= 4 is 11.8 Å². The molecule has 0 spiro atoms. The third kappa shape index (κ3) is 6.39. The van der Waals surface area contributed by atoms with Crippen LogP contribution in [-0.4, -0.2) is 24.9 Å². The molecule has 0 aliphatic heterocycles. The number of nitrogens with one attached hydrogen (secondary N) is 1. The average Bonchev–Trinajstić information content (AvgIpc) is 2.29. The summed E-state index contributed by atoms with van der Waals surface area (Å²) >= 11 is 0.137. The quantitative estimate of drug-likeness (QED) is 0.772. The highest BCUT2D eigenvalue weighted by Crippen LogP contribution is 2.40. The highest BCUT2D eigenvalue weighted by atomic mass is 32.2. The fraction of sp³-hybridized carbons (Fsp3) is 1.00. The summed E-state index contributed by atoms with van der Waals surface area (Å²) in [5, 5.41) is 3.19. The van der Waals surface area contributed by atoms with E-state index >= 15 is 0 Å². The molecule has 1 aliphatic rings. The van der Waals surface area contributed by atoms with E-state index in [1.165, 1.54) is 6.42 Å². The lowest BCUT2D eigenvalue weighted by atomic mass is 9.69. The highest BCUT2D eigenvalue weighted by molar-refractivity contribution is 8.00. The zero-order valence-electron chi connectivity index (χ0n) is 12.1. The Morgan fingerprint density at radius 2 is 1.89 bits per heavy atom. The lowest BCUT2D eigenvalue weighted by Gasteiger charge is -2.38. The molecule has 1 N–H and O–H groups in total. The molecular weight excluding hydrogens is 271 g/mol. The number of hydrogen-bond acceptors (Lipinski definition) is 2. The summed E-state index contributed by atoms with van der Waals surface area (Å²) in [6.07, 6.45) is 4.18. The van der Waals surface area contributed by atoms with Crippen LogP contribution in [-0.2, 0) is 0 Å². The van der Waals surface area contributed by atoms with Gasteiger partial charge in [-0.2, -0.15) is 13.2 Å². The summed E-state index contributed by atoms with van der Waals surface area (Å²) in [4.78, 5) is 0. The summed E-state index contributed by atoms with van der Waals surface area (Å²) < 4.78 is 36.6. The Labute approximate surface area is 119 Å². The van der Waals surface area contributed by atoms with Gasteiger partial charge in [0.1, 0.15) is 0 Å². The minimum atomic E-state index is -4.08. The van der Waals surface area contributed by atoms with Gasteiger partial charge in [0.2, 0.25) is 0 Å². The topological polar surface area (TPSA) is 12.0 Å². The molecule has 1 aliphatic carbocycles. The van der Waals surface area contributed by atoms with Crippen LogP contribution < -0.4 is 5.32 Å². The van der Waals surface area contributed by atoms with E-state index in [0.29, 0.717) is 30.1 Å². The van der Waals surface area contributed by atoms with Gasteiger partial charge in [-0.1, -0.05) is 25.6 Å². The molecule has 19 heavy (non-hydrogen) atoms. The van der Waals surface area contributed by atoms with Crippen LogP contribution in [0.4, 0.5) is 13.2 Å². The summed E-state index contributed by atoms with van der Waals surface area (Å²) in [6.45, 7) is 5.39. The molecule has 1 rings (SSSR count). The first-order valence-corrected chi connectivity index (χ1v) is 8.17. The predicted octanol–water partition coefficient (Wildman–Crippen LogP) is 4.54. The molecule has 0 radical (unpaired) electrons. The van der Waals surface area contributed by atoms with Crippen molar-refractivity contribution < 1.29 is 13.2 Å². The maximum atomic E-state index is 12.2. The van der Waals surface area contributed by atoms with Crippen LogP contribution >= 0.6 is 11.8 Å². The first-order chi connectivity index (χ1) is 8.83. The van der Waals surface area contributed by atoms with Gasteiger partial charge in [0.05, 0.1) is 0 Å². The standard InChI is InChI=1S/C14H26F3NS/c1-10(2)11-4-5-13(9-18-3)12(8-11)6-7-19-14(15,16)17/h10-13,18H,4-9H2,1-3H3. The molecule has 1 fully saturated rings. The van der Waals surface area contributed by atoms with E-state index in [0.717, 1.165) is 19.4 Å². The van der Waals surface area contributed by atoms with Gasteiger partial charge in [0, 0.05) is 5.75 Å². The van der Waals surface area contributed by atoms with Crippen molar-refractivity contribution in [2.75, 3.05) is 19.3 Å². The number of rotatable bonds is 6. The molecule has 0 aromatic carbocycles. The lowest BCUT2D eigenvalue weighted by molar-refractivity contribution is -0.0329. The van der Waals surface area contributed by atoms with Gasteiger partial charge in [-0.3, -0.25) is 0 Å². The normalized spacial score (nSPS) is 28.9. The van der Waals surface area contributed by atoms with Crippen LogP contribution in [0.25, 0.3) is 0 Å². The molecule has 5 heteroatoms. The molecule has 0 bridgehead atoms. The van der Waals surface area contributed by atoms with Crippen LogP contribution in [0.2, 0.25) is 0 Å². The van der Waals surface area contributed by atoms with Gasteiger partial charge in [0.25, 0.3) is 0 Å². The second kappa shape index (κ2) is 7.77. The smallest absolute Gasteiger partial charge is 0.319 e. The Hall–Kier alpha value is 0.100. The van der Waals surface area contributed by atoms with Crippen LogP contribution in [0.5, 0.6) is 0 Å². The molecule has 0 heterocycles. The zero-order chi connectivity index (χ0) is 14.5. The average molecular weight is 297 g/mol. The van der Waals surface area contributed by atoms with Crippen molar-refractivity contribution in [2.24, 2.45) is 23.7 Å². The summed E-state index contributed by atoms with van der Waals surface area (Å²) in [7, 11) is 1.93. The van der Waals surface area contributed by atoms with Crippen molar-refractivity contribution in [3.05, 3.63) is 0 Å². The maximum Gasteiger partial charge on any atom is 0.441 e. The molecule has 0 saturated heterocycles. The van der Waals surface area contributed by atoms with Crippen molar-refractivity contribution in [1.82, 2.24) is 5.32 Å². The first kappa shape index (κ1) is 17.2. The predicted molar refractivity (Wildman–Crippen MR) is 76.2 cm³/mol. The van der Waals surface area contributed by atoms with E-state index < -0.39 is 5.51 Å². The third-order valence-corrected chi connectivity index (χ3v) is 5.11. The fourth-order valence-corrected chi connectivity index (χ4v) is 3.83. The van der Waals surface area contributed by atoms with Crippen molar-refractivity contribution in [1.29, 1.82) is 0 Å². The number of alkyl halides is 3. The van der Waals surface area contributed by atoms with E-state index in [2.05, 4.69) is 19.2 Å². The Bertz CT molecular complexity index is 256. The third-order valence-electron chi connectivity index (χ3n) is 4.34. The molecule has 0 amide bonds. The summed E-state index contributed by atoms with van der Waals surface area (Å²) in [5.41, 5.74) is -4.08. The van der Waals surface area contributed by atoms with Gasteiger partial charge in [-0.15, -0.1) is 0 Å². The molecular formula is C14H26F3NS. The first-order valence-electron chi connectivity index (χ1n) is 7.18. The van der Waals surface area contributed by atoms with Crippen molar-refractivity contribution in [2.45, 2.75) is 45.0 Å². The zero-order valence-corrected chi connectivity index (χ0v) is 12.9. The highest BCUT2D eigenvalue weighted by Gasteiger charge is 2.33. The van der Waals surface area contributed by atoms with Gasteiger partial charge >= 0.3 is 5.51 Å². The maximum absolute atomic E-state index is 12.2. The van der Waals surface area contributed by atoms with Crippen LogP contribution in [0.1, 0.15) is 39.5 Å². The Kier molecular flexibility index (Phi) is 7.01. The minimum Gasteiger partial charge on any atom is -0.319 e. The van der Waals surface area contributed by atoms with Gasteiger partial charge in [-0.25, -0.2) is 0 Å². The van der Waals surface area contributed by atoms with E-state index in [-0.39, 0.29) is 17.5 Å².